The molecule has 0 saturated heterocycles. The highest BCUT2D eigenvalue weighted by molar-refractivity contribution is 5.78. The van der Waals surface area contributed by atoms with Gasteiger partial charge >= 0.3 is 0 Å². The standard InChI is InChI=1S/C17H29NO/c1-5-15(4)17(19)18(14(2)3)13-9-12-16-10-7-6-8-11-16/h6-7,9,12,14-16H,5,8,10-11,13H2,1-4H3/b12-9+. The molecule has 2 atom stereocenters. The summed E-state index contributed by atoms with van der Waals surface area (Å²) in [5.41, 5.74) is 0. The van der Waals surface area contributed by atoms with Crippen LogP contribution >= 0.6 is 0 Å². The molecule has 19 heavy (non-hydrogen) atoms. The Balaban J connectivity index is 2.51. The number of hydrogen-bond donors (Lipinski definition) is 0. The fourth-order valence-corrected chi connectivity index (χ4v) is 2.37. The smallest absolute Gasteiger partial charge is 0.225 e. The molecular weight excluding hydrogens is 234 g/mol. The molecule has 0 aromatic rings. The summed E-state index contributed by atoms with van der Waals surface area (Å²) in [6.07, 6.45) is 13.5. The Kier molecular flexibility index (Phi) is 6.90. The first-order chi connectivity index (χ1) is 9.06. The predicted octanol–water partition coefficient (Wildman–Crippen LogP) is 4.18. The van der Waals surface area contributed by atoms with Gasteiger partial charge in [-0.15, -0.1) is 0 Å². The number of carbonyl (C=O) groups excluding carboxylic acids is 1. The van der Waals surface area contributed by atoms with Crippen molar-refractivity contribution >= 4 is 5.91 Å². The Bertz CT molecular complexity index is 330. The molecule has 0 aliphatic heterocycles. The monoisotopic (exact) mass is 263 g/mol. The summed E-state index contributed by atoms with van der Waals surface area (Å²) in [4.78, 5) is 14.3. The molecule has 1 aliphatic carbocycles. The van der Waals surface area contributed by atoms with E-state index in [0.717, 1.165) is 19.4 Å². The van der Waals surface area contributed by atoms with Crippen molar-refractivity contribution in [3.05, 3.63) is 24.3 Å². The Hall–Kier alpha value is -1.05. The van der Waals surface area contributed by atoms with Crippen LogP contribution in [0.15, 0.2) is 24.3 Å². The van der Waals surface area contributed by atoms with Crippen LogP contribution in [-0.4, -0.2) is 23.4 Å². The Labute approximate surface area is 118 Å². The SMILES string of the molecule is CCC(C)C(=O)N(C/C=C/C1CC=CCC1)C(C)C. The minimum Gasteiger partial charge on any atom is -0.336 e. The van der Waals surface area contributed by atoms with Crippen LogP contribution in [0.25, 0.3) is 0 Å². The third-order valence-electron chi connectivity index (χ3n) is 3.96. The number of allylic oxidation sites excluding steroid dienone is 3. The number of rotatable bonds is 6. The summed E-state index contributed by atoms with van der Waals surface area (Å²) < 4.78 is 0. The first-order valence-corrected chi connectivity index (χ1v) is 7.68. The number of nitrogens with zero attached hydrogens (tertiary/aromatic N) is 1. The van der Waals surface area contributed by atoms with Crippen molar-refractivity contribution in [2.24, 2.45) is 11.8 Å². The van der Waals surface area contributed by atoms with Crippen molar-refractivity contribution in [3.8, 4) is 0 Å². The topological polar surface area (TPSA) is 20.3 Å². The second kappa shape index (κ2) is 8.19. The molecule has 0 aromatic carbocycles. The molecule has 0 radical (unpaired) electrons. The molecule has 108 valence electrons. The molecule has 0 bridgehead atoms. The molecule has 0 N–H and O–H groups in total. The fourth-order valence-electron chi connectivity index (χ4n) is 2.37. The van der Waals surface area contributed by atoms with Crippen LogP contribution in [0.3, 0.4) is 0 Å². The molecule has 1 aliphatic rings. The van der Waals surface area contributed by atoms with Crippen LogP contribution in [-0.2, 0) is 4.79 Å². The molecule has 0 aromatic heterocycles. The number of hydrogen-bond acceptors (Lipinski definition) is 1. The number of carbonyl (C=O) groups is 1. The Morgan fingerprint density at radius 2 is 2.11 bits per heavy atom. The molecule has 0 heterocycles. The van der Waals surface area contributed by atoms with E-state index in [4.69, 9.17) is 0 Å². The molecule has 0 fully saturated rings. The zero-order valence-electron chi connectivity index (χ0n) is 12.9. The van der Waals surface area contributed by atoms with Gasteiger partial charge in [0.2, 0.25) is 5.91 Å². The van der Waals surface area contributed by atoms with Crippen LogP contribution in [0, 0.1) is 11.8 Å². The van der Waals surface area contributed by atoms with E-state index in [1.807, 2.05) is 11.8 Å². The van der Waals surface area contributed by atoms with E-state index < -0.39 is 0 Å². The average Bonchev–Trinajstić information content (AvgIpc) is 2.42. The minimum absolute atomic E-state index is 0.133. The van der Waals surface area contributed by atoms with E-state index in [0.29, 0.717) is 5.92 Å². The van der Waals surface area contributed by atoms with Crippen LogP contribution < -0.4 is 0 Å². The summed E-state index contributed by atoms with van der Waals surface area (Å²) in [5.74, 6) is 1.08. The van der Waals surface area contributed by atoms with Gasteiger partial charge in [0.1, 0.15) is 0 Å². The third-order valence-corrected chi connectivity index (χ3v) is 3.96. The zero-order valence-corrected chi connectivity index (χ0v) is 12.9. The van der Waals surface area contributed by atoms with Gasteiger partial charge in [-0.05, 0) is 45.4 Å². The largest absolute Gasteiger partial charge is 0.336 e. The van der Waals surface area contributed by atoms with Gasteiger partial charge < -0.3 is 4.90 Å². The van der Waals surface area contributed by atoms with E-state index in [1.54, 1.807) is 0 Å². The van der Waals surface area contributed by atoms with Gasteiger partial charge in [0.05, 0.1) is 0 Å². The maximum absolute atomic E-state index is 12.3. The van der Waals surface area contributed by atoms with Crippen molar-refractivity contribution in [1.29, 1.82) is 0 Å². The van der Waals surface area contributed by atoms with Gasteiger partial charge in [-0.3, -0.25) is 4.79 Å². The first kappa shape index (κ1) is 16.0. The third kappa shape index (κ3) is 5.22. The first-order valence-electron chi connectivity index (χ1n) is 7.68. The summed E-state index contributed by atoms with van der Waals surface area (Å²) in [5, 5.41) is 0. The van der Waals surface area contributed by atoms with E-state index in [9.17, 15) is 4.79 Å². The lowest BCUT2D eigenvalue weighted by molar-refractivity contribution is -0.136. The van der Waals surface area contributed by atoms with Crippen molar-refractivity contribution in [3.63, 3.8) is 0 Å². The maximum atomic E-state index is 12.3. The van der Waals surface area contributed by atoms with Gasteiger partial charge in [0.25, 0.3) is 0 Å². The van der Waals surface area contributed by atoms with Crippen LogP contribution in [0.4, 0.5) is 0 Å². The van der Waals surface area contributed by atoms with Crippen molar-refractivity contribution in [2.75, 3.05) is 6.54 Å². The summed E-state index contributed by atoms with van der Waals surface area (Å²) in [7, 11) is 0. The van der Waals surface area contributed by atoms with E-state index in [2.05, 4.69) is 45.1 Å². The minimum atomic E-state index is 0.133. The lowest BCUT2D eigenvalue weighted by Gasteiger charge is -2.28. The van der Waals surface area contributed by atoms with Crippen molar-refractivity contribution in [1.82, 2.24) is 4.90 Å². The second-order valence-electron chi connectivity index (χ2n) is 5.87. The van der Waals surface area contributed by atoms with Gasteiger partial charge in [-0.1, -0.05) is 38.2 Å². The molecule has 0 spiro atoms. The Morgan fingerprint density at radius 3 is 2.63 bits per heavy atom. The molecule has 2 nitrogen and oxygen atoms in total. The highest BCUT2D eigenvalue weighted by atomic mass is 16.2. The lowest BCUT2D eigenvalue weighted by Crippen LogP contribution is -2.40. The fraction of sp³-hybridized carbons (Fsp3) is 0.706. The number of amides is 1. The molecule has 0 saturated carbocycles. The molecular formula is C17H29NO. The van der Waals surface area contributed by atoms with E-state index >= 15 is 0 Å². The van der Waals surface area contributed by atoms with Crippen LogP contribution in [0.2, 0.25) is 0 Å². The van der Waals surface area contributed by atoms with Crippen molar-refractivity contribution in [2.45, 2.75) is 59.4 Å². The van der Waals surface area contributed by atoms with E-state index in [1.165, 1.54) is 12.8 Å². The van der Waals surface area contributed by atoms with Gasteiger partial charge in [0.15, 0.2) is 0 Å². The highest BCUT2D eigenvalue weighted by Gasteiger charge is 2.20. The summed E-state index contributed by atoms with van der Waals surface area (Å²) in [6.45, 7) is 9.04. The zero-order chi connectivity index (χ0) is 14.3. The van der Waals surface area contributed by atoms with Crippen LogP contribution in [0.5, 0.6) is 0 Å². The average molecular weight is 263 g/mol. The summed E-state index contributed by atoms with van der Waals surface area (Å²) in [6, 6.07) is 0.275. The van der Waals surface area contributed by atoms with E-state index in [-0.39, 0.29) is 17.9 Å². The quantitative estimate of drug-likeness (QED) is 0.658. The molecule has 1 rings (SSSR count). The molecule has 2 heteroatoms. The van der Waals surface area contributed by atoms with Gasteiger partial charge in [0, 0.05) is 18.5 Å². The predicted molar refractivity (Wildman–Crippen MR) is 81.9 cm³/mol. The molecule has 2 unspecified atom stereocenters. The van der Waals surface area contributed by atoms with Gasteiger partial charge in [-0.25, -0.2) is 0 Å². The van der Waals surface area contributed by atoms with Crippen LogP contribution in [0.1, 0.15) is 53.4 Å². The lowest BCUT2D eigenvalue weighted by atomic mass is 9.94. The highest BCUT2D eigenvalue weighted by Crippen LogP contribution is 2.19. The Morgan fingerprint density at radius 1 is 1.37 bits per heavy atom. The normalized spacial score (nSPS) is 21.0. The second-order valence-corrected chi connectivity index (χ2v) is 5.87. The molecule has 1 amide bonds. The van der Waals surface area contributed by atoms with Gasteiger partial charge in [-0.2, -0.15) is 0 Å². The van der Waals surface area contributed by atoms with Crippen molar-refractivity contribution < 1.29 is 4.79 Å². The maximum Gasteiger partial charge on any atom is 0.225 e. The summed E-state index contributed by atoms with van der Waals surface area (Å²) >= 11 is 0.